The van der Waals surface area contributed by atoms with Crippen LogP contribution in [0.2, 0.25) is 10.0 Å². The first-order valence-corrected chi connectivity index (χ1v) is 10.5. The number of piperazine rings is 1. The molecular formula is C18H20Cl2N2O2S. The molecule has 0 atom stereocenters. The van der Waals surface area contributed by atoms with Gasteiger partial charge in [0.1, 0.15) is 0 Å². The van der Waals surface area contributed by atoms with E-state index in [1.54, 1.807) is 28.6 Å². The molecule has 134 valence electrons. The number of halogens is 2. The zero-order chi connectivity index (χ0) is 17.9. The lowest BCUT2D eigenvalue weighted by Gasteiger charge is -2.34. The van der Waals surface area contributed by atoms with E-state index in [1.807, 2.05) is 24.3 Å². The molecule has 0 saturated carbocycles. The summed E-state index contributed by atoms with van der Waals surface area (Å²) in [6, 6.07) is 14.8. The van der Waals surface area contributed by atoms with Crippen molar-refractivity contribution in [3.8, 4) is 0 Å². The maximum atomic E-state index is 12.6. The first kappa shape index (κ1) is 18.7. The average Bonchev–Trinajstić information content (AvgIpc) is 2.59. The standard InChI is InChI=1S/C18H20Cl2N2O2S/c19-17-7-5-15(6-8-17)13-21-9-11-22(12-10-21)25(23,24)14-16-3-1-2-4-18(16)20/h1-8H,9-14H2. The maximum absolute atomic E-state index is 12.6. The van der Waals surface area contributed by atoms with E-state index in [9.17, 15) is 8.42 Å². The molecule has 0 aromatic heterocycles. The summed E-state index contributed by atoms with van der Waals surface area (Å²) in [5.74, 6) is -0.0517. The number of sulfonamides is 1. The molecule has 3 rings (SSSR count). The molecule has 1 aliphatic heterocycles. The SMILES string of the molecule is O=S(=O)(Cc1ccccc1Cl)N1CCN(Cc2ccc(Cl)cc2)CC1. The predicted molar refractivity (Wildman–Crippen MR) is 102 cm³/mol. The summed E-state index contributed by atoms with van der Waals surface area (Å²) in [4.78, 5) is 2.25. The number of hydrogen-bond acceptors (Lipinski definition) is 3. The highest BCUT2D eigenvalue weighted by molar-refractivity contribution is 7.88. The molecular weight excluding hydrogens is 379 g/mol. The van der Waals surface area contributed by atoms with E-state index < -0.39 is 10.0 Å². The van der Waals surface area contributed by atoms with E-state index in [4.69, 9.17) is 23.2 Å². The second-order valence-electron chi connectivity index (χ2n) is 6.15. The molecule has 0 spiro atoms. The normalized spacial score (nSPS) is 16.9. The van der Waals surface area contributed by atoms with Gasteiger partial charge in [0.05, 0.1) is 5.75 Å². The lowest BCUT2D eigenvalue weighted by molar-refractivity contribution is 0.181. The average molecular weight is 399 g/mol. The molecule has 0 bridgehead atoms. The van der Waals surface area contributed by atoms with Crippen molar-refractivity contribution in [1.29, 1.82) is 0 Å². The Balaban J connectivity index is 1.57. The summed E-state index contributed by atoms with van der Waals surface area (Å²) >= 11 is 12.0. The number of rotatable bonds is 5. The van der Waals surface area contributed by atoms with Crippen molar-refractivity contribution in [2.45, 2.75) is 12.3 Å². The summed E-state index contributed by atoms with van der Waals surface area (Å²) in [5, 5.41) is 1.21. The third-order valence-corrected chi connectivity index (χ3v) is 6.79. The van der Waals surface area contributed by atoms with Gasteiger partial charge in [-0.05, 0) is 29.3 Å². The molecule has 1 fully saturated rings. The monoisotopic (exact) mass is 398 g/mol. The molecule has 0 N–H and O–H groups in total. The van der Waals surface area contributed by atoms with Crippen molar-refractivity contribution in [2.24, 2.45) is 0 Å². The van der Waals surface area contributed by atoms with Crippen LogP contribution in [0.15, 0.2) is 48.5 Å². The van der Waals surface area contributed by atoms with Gasteiger partial charge in [0, 0.05) is 42.8 Å². The van der Waals surface area contributed by atoms with E-state index in [2.05, 4.69) is 4.90 Å². The number of hydrogen-bond donors (Lipinski definition) is 0. The van der Waals surface area contributed by atoms with Crippen molar-refractivity contribution in [2.75, 3.05) is 26.2 Å². The van der Waals surface area contributed by atoms with Gasteiger partial charge < -0.3 is 0 Å². The van der Waals surface area contributed by atoms with Crippen molar-refractivity contribution in [3.63, 3.8) is 0 Å². The minimum absolute atomic E-state index is 0.0517. The number of benzene rings is 2. The van der Waals surface area contributed by atoms with E-state index in [0.717, 1.165) is 11.6 Å². The summed E-state index contributed by atoms with van der Waals surface area (Å²) < 4.78 is 26.9. The largest absolute Gasteiger partial charge is 0.296 e. The Morgan fingerprint density at radius 3 is 2.16 bits per heavy atom. The Hall–Kier alpha value is -1.11. The molecule has 7 heteroatoms. The van der Waals surface area contributed by atoms with Crippen molar-refractivity contribution >= 4 is 33.2 Å². The molecule has 0 aliphatic carbocycles. The third kappa shape index (κ3) is 4.96. The smallest absolute Gasteiger partial charge is 0.218 e. The quantitative estimate of drug-likeness (QED) is 0.771. The van der Waals surface area contributed by atoms with Crippen LogP contribution in [-0.4, -0.2) is 43.8 Å². The lowest BCUT2D eigenvalue weighted by atomic mass is 10.2. The van der Waals surface area contributed by atoms with Crippen LogP contribution in [0.5, 0.6) is 0 Å². The van der Waals surface area contributed by atoms with Gasteiger partial charge in [-0.1, -0.05) is 53.5 Å². The minimum Gasteiger partial charge on any atom is -0.296 e. The van der Waals surface area contributed by atoms with Crippen molar-refractivity contribution in [3.05, 3.63) is 69.7 Å². The van der Waals surface area contributed by atoms with Crippen LogP contribution in [0.1, 0.15) is 11.1 Å². The van der Waals surface area contributed by atoms with Gasteiger partial charge in [-0.2, -0.15) is 4.31 Å². The second kappa shape index (κ2) is 8.06. The van der Waals surface area contributed by atoms with E-state index in [1.165, 1.54) is 5.56 Å². The third-order valence-electron chi connectivity index (χ3n) is 4.34. The van der Waals surface area contributed by atoms with Crippen LogP contribution >= 0.6 is 23.2 Å². The van der Waals surface area contributed by atoms with Gasteiger partial charge in [0.15, 0.2) is 0 Å². The number of nitrogens with zero attached hydrogens (tertiary/aromatic N) is 2. The summed E-state index contributed by atoms with van der Waals surface area (Å²) in [6.07, 6.45) is 0. The molecule has 1 aliphatic rings. The predicted octanol–water partition coefficient (Wildman–Crippen LogP) is 3.64. The molecule has 1 saturated heterocycles. The van der Waals surface area contributed by atoms with Gasteiger partial charge in [0.2, 0.25) is 10.0 Å². The highest BCUT2D eigenvalue weighted by Crippen LogP contribution is 2.21. The molecule has 0 amide bonds. The van der Waals surface area contributed by atoms with Gasteiger partial charge in [-0.25, -0.2) is 8.42 Å². The zero-order valence-electron chi connectivity index (χ0n) is 13.7. The molecule has 4 nitrogen and oxygen atoms in total. The minimum atomic E-state index is -3.36. The summed E-state index contributed by atoms with van der Waals surface area (Å²) in [7, 11) is -3.36. The van der Waals surface area contributed by atoms with Gasteiger partial charge >= 0.3 is 0 Å². The van der Waals surface area contributed by atoms with E-state index in [0.29, 0.717) is 36.8 Å². The summed E-state index contributed by atoms with van der Waals surface area (Å²) in [5.41, 5.74) is 1.82. The van der Waals surface area contributed by atoms with Crippen molar-refractivity contribution < 1.29 is 8.42 Å². The first-order chi connectivity index (χ1) is 11.9. The van der Waals surface area contributed by atoms with Crippen LogP contribution < -0.4 is 0 Å². The molecule has 25 heavy (non-hydrogen) atoms. The fourth-order valence-electron chi connectivity index (χ4n) is 2.92. The Kier molecular flexibility index (Phi) is 6.02. The highest BCUT2D eigenvalue weighted by Gasteiger charge is 2.27. The van der Waals surface area contributed by atoms with Crippen LogP contribution in [0.4, 0.5) is 0 Å². The van der Waals surface area contributed by atoms with Gasteiger partial charge in [0.25, 0.3) is 0 Å². The van der Waals surface area contributed by atoms with Gasteiger partial charge in [-0.3, -0.25) is 4.90 Å². The Morgan fingerprint density at radius 1 is 0.880 bits per heavy atom. The van der Waals surface area contributed by atoms with Crippen LogP contribution in [0.3, 0.4) is 0 Å². The van der Waals surface area contributed by atoms with Crippen molar-refractivity contribution in [1.82, 2.24) is 9.21 Å². The Bertz CT molecular complexity index is 817. The van der Waals surface area contributed by atoms with Crippen LogP contribution in [0.25, 0.3) is 0 Å². The van der Waals surface area contributed by atoms with Crippen LogP contribution in [-0.2, 0) is 22.3 Å². The molecule has 0 unspecified atom stereocenters. The molecule has 2 aromatic carbocycles. The second-order valence-corrected chi connectivity index (χ2v) is 8.96. The highest BCUT2D eigenvalue weighted by atomic mass is 35.5. The maximum Gasteiger partial charge on any atom is 0.218 e. The van der Waals surface area contributed by atoms with E-state index in [-0.39, 0.29) is 5.75 Å². The van der Waals surface area contributed by atoms with Gasteiger partial charge in [-0.15, -0.1) is 0 Å². The Morgan fingerprint density at radius 2 is 1.52 bits per heavy atom. The van der Waals surface area contributed by atoms with Crippen LogP contribution in [0, 0.1) is 0 Å². The topological polar surface area (TPSA) is 40.6 Å². The summed E-state index contributed by atoms with van der Waals surface area (Å²) in [6.45, 7) is 3.23. The molecule has 0 radical (unpaired) electrons. The molecule has 2 aromatic rings. The first-order valence-electron chi connectivity index (χ1n) is 8.12. The zero-order valence-corrected chi connectivity index (χ0v) is 16.1. The Labute approximate surface area is 159 Å². The van der Waals surface area contributed by atoms with E-state index >= 15 is 0 Å². The fourth-order valence-corrected chi connectivity index (χ4v) is 4.87. The molecule has 1 heterocycles. The fraction of sp³-hybridized carbons (Fsp3) is 0.333. The lowest BCUT2D eigenvalue weighted by Crippen LogP contribution is -2.48.